The van der Waals surface area contributed by atoms with Crippen LogP contribution < -0.4 is 4.74 Å². The fourth-order valence-corrected chi connectivity index (χ4v) is 3.29. The van der Waals surface area contributed by atoms with Crippen LogP contribution >= 0.6 is 0 Å². The van der Waals surface area contributed by atoms with Gasteiger partial charge in [0.2, 0.25) is 5.88 Å². The number of ether oxygens (including phenoxy) is 1. The van der Waals surface area contributed by atoms with Crippen LogP contribution in [0.3, 0.4) is 0 Å². The van der Waals surface area contributed by atoms with Gasteiger partial charge in [0.05, 0.1) is 30.3 Å². The third-order valence-corrected chi connectivity index (χ3v) is 4.80. The summed E-state index contributed by atoms with van der Waals surface area (Å²) in [6.45, 7) is 1.19. The van der Waals surface area contributed by atoms with E-state index in [1.807, 2.05) is 16.8 Å². The number of hydrogen-bond donors (Lipinski definition) is 0. The van der Waals surface area contributed by atoms with Gasteiger partial charge in [-0.3, -0.25) is 14.5 Å². The Kier molecular flexibility index (Phi) is 4.89. The van der Waals surface area contributed by atoms with Gasteiger partial charge in [-0.2, -0.15) is 0 Å². The number of hydrogen-bond acceptors (Lipinski definition) is 5. The number of carbonyl (C=O) groups excluding carboxylic acids is 2. The molecule has 2 amide bonds. The minimum Gasteiger partial charge on any atom is -0.481 e. The average molecular weight is 376 g/mol. The van der Waals surface area contributed by atoms with E-state index >= 15 is 0 Å². The maximum Gasteiger partial charge on any atom is 0.261 e. The van der Waals surface area contributed by atoms with Gasteiger partial charge in [-0.1, -0.05) is 12.1 Å². The number of benzene rings is 1. The highest BCUT2D eigenvalue weighted by Crippen LogP contribution is 2.23. The molecule has 4 rings (SSSR count). The minimum atomic E-state index is -0.197. The summed E-state index contributed by atoms with van der Waals surface area (Å²) in [5.74, 6) is 0.173. The molecule has 0 spiro atoms. The number of amides is 2. The van der Waals surface area contributed by atoms with Crippen molar-refractivity contribution in [2.45, 2.75) is 19.4 Å². The Labute approximate surface area is 162 Å². The Hall–Kier alpha value is -3.48. The molecule has 0 radical (unpaired) electrons. The van der Waals surface area contributed by atoms with Crippen molar-refractivity contribution in [3.8, 4) is 17.1 Å². The second-order valence-electron chi connectivity index (χ2n) is 6.60. The van der Waals surface area contributed by atoms with E-state index in [4.69, 9.17) is 4.74 Å². The van der Waals surface area contributed by atoms with Crippen molar-refractivity contribution in [3.05, 3.63) is 66.2 Å². The second-order valence-corrected chi connectivity index (χ2v) is 6.60. The quantitative estimate of drug-likeness (QED) is 0.468. The van der Waals surface area contributed by atoms with Gasteiger partial charge in [-0.15, -0.1) is 0 Å². The zero-order chi connectivity index (χ0) is 19.5. The average Bonchev–Trinajstić information content (AvgIpc) is 3.30. The van der Waals surface area contributed by atoms with Crippen LogP contribution in [0.2, 0.25) is 0 Å². The first-order valence-electron chi connectivity index (χ1n) is 9.15. The molecular weight excluding hydrogens is 356 g/mol. The number of aromatic nitrogens is 3. The number of fused-ring (bicyclic) bond motifs is 1. The van der Waals surface area contributed by atoms with Crippen molar-refractivity contribution < 1.29 is 14.3 Å². The van der Waals surface area contributed by atoms with Gasteiger partial charge in [0, 0.05) is 37.1 Å². The van der Waals surface area contributed by atoms with Gasteiger partial charge in [-0.05, 0) is 31.0 Å². The molecule has 0 saturated heterocycles. The van der Waals surface area contributed by atoms with E-state index in [0.29, 0.717) is 23.6 Å². The molecule has 0 fully saturated rings. The minimum absolute atomic E-state index is 0.197. The van der Waals surface area contributed by atoms with E-state index in [-0.39, 0.29) is 11.8 Å². The fourth-order valence-electron chi connectivity index (χ4n) is 3.29. The third kappa shape index (κ3) is 3.38. The molecule has 0 aliphatic carbocycles. The molecule has 1 aliphatic rings. The van der Waals surface area contributed by atoms with Crippen molar-refractivity contribution >= 4 is 11.8 Å². The highest BCUT2D eigenvalue weighted by molar-refractivity contribution is 6.21. The number of aryl methyl sites for hydroxylation is 1. The molecule has 0 bridgehead atoms. The Bertz CT molecular complexity index is 975. The lowest BCUT2D eigenvalue weighted by molar-refractivity contribution is 0.0651. The van der Waals surface area contributed by atoms with Crippen LogP contribution in [0, 0.1) is 0 Å². The molecule has 0 saturated carbocycles. The lowest BCUT2D eigenvalue weighted by Crippen LogP contribution is -2.30. The van der Waals surface area contributed by atoms with E-state index in [0.717, 1.165) is 30.6 Å². The van der Waals surface area contributed by atoms with Gasteiger partial charge in [0.15, 0.2) is 0 Å². The summed E-state index contributed by atoms with van der Waals surface area (Å²) in [7, 11) is 1.58. The summed E-state index contributed by atoms with van der Waals surface area (Å²) >= 11 is 0. The zero-order valence-corrected chi connectivity index (χ0v) is 15.5. The monoisotopic (exact) mass is 376 g/mol. The lowest BCUT2D eigenvalue weighted by atomic mass is 10.1. The number of carbonyl (C=O) groups is 2. The van der Waals surface area contributed by atoms with Crippen LogP contribution in [-0.4, -0.2) is 44.9 Å². The van der Waals surface area contributed by atoms with Crippen LogP contribution in [0.4, 0.5) is 0 Å². The molecule has 142 valence electrons. The predicted molar refractivity (Wildman–Crippen MR) is 103 cm³/mol. The summed E-state index contributed by atoms with van der Waals surface area (Å²) in [4.78, 5) is 34.7. The highest BCUT2D eigenvalue weighted by atomic mass is 16.5. The SMILES string of the molecule is COc1ccc(-c2cn(CCCCN3C(=O)c4ccccc4C3=O)cn2)cn1. The molecule has 28 heavy (non-hydrogen) atoms. The molecule has 7 nitrogen and oxygen atoms in total. The van der Waals surface area contributed by atoms with E-state index in [1.54, 1.807) is 50.0 Å². The van der Waals surface area contributed by atoms with Gasteiger partial charge in [0.1, 0.15) is 0 Å². The van der Waals surface area contributed by atoms with Crippen LogP contribution in [0.1, 0.15) is 33.6 Å². The van der Waals surface area contributed by atoms with Crippen LogP contribution in [-0.2, 0) is 6.54 Å². The van der Waals surface area contributed by atoms with E-state index in [2.05, 4.69) is 9.97 Å². The van der Waals surface area contributed by atoms with E-state index in [1.165, 1.54) is 4.90 Å². The largest absolute Gasteiger partial charge is 0.481 e. The number of pyridine rings is 1. The maximum absolute atomic E-state index is 12.4. The molecular formula is C21H20N4O3. The summed E-state index contributed by atoms with van der Waals surface area (Å²) in [5.41, 5.74) is 2.76. The summed E-state index contributed by atoms with van der Waals surface area (Å²) in [6.07, 6.45) is 7.05. The lowest BCUT2D eigenvalue weighted by Gasteiger charge is -2.13. The number of imidazole rings is 1. The van der Waals surface area contributed by atoms with Gasteiger partial charge < -0.3 is 9.30 Å². The van der Waals surface area contributed by atoms with Crippen LogP contribution in [0.5, 0.6) is 5.88 Å². The number of rotatable bonds is 7. The number of nitrogens with zero attached hydrogens (tertiary/aromatic N) is 4. The van der Waals surface area contributed by atoms with Gasteiger partial charge in [0.25, 0.3) is 11.8 Å². The molecule has 0 N–H and O–H groups in total. The highest BCUT2D eigenvalue weighted by Gasteiger charge is 2.34. The molecule has 3 heterocycles. The number of imide groups is 1. The predicted octanol–water partition coefficient (Wildman–Crippen LogP) is 3.03. The Morgan fingerprint density at radius 2 is 1.64 bits per heavy atom. The third-order valence-electron chi connectivity index (χ3n) is 4.80. The Balaban J connectivity index is 1.30. The first-order chi connectivity index (χ1) is 13.7. The van der Waals surface area contributed by atoms with Crippen LogP contribution in [0.15, 0.2) is 55.1 Å². The van der Waals surface area contributed by atoms with Crippen molar-refractivity contribution in [2.24, 2.45) is 0 Å². The second kappa shape index (κ2) is 7.64. The molecule has 3 aromatic rings. The summed E-state index contributed by atoms with van der Waals surface area (Å²) in [6, 6.07) is 10.7. The summed E-state index contributed by atoms with van der Waals surface area (Å²) < 4.78 is 7.07. The molecule has 2 aromatic heterocycles. The first kappa shape index (κ1) is 17.9. The topological polar surface area (TPSA) is 77.3 Å². The molecule has 7 heteroatoms. The Morgan fingerprint density at radius 3 is 2.29 bits per heavy atom. The maximum atomic E-state index is 12.4. The standard InChI is InChI=1S/C21H20N4O3/c1-28-19-9-8-15(12-22-19)18-13-24(14-23-18)10-4-5-11-25-20(26)16-6-2-3-7-17(16)21(25)27/h2-3,6-9,12-14H,4-5,10-11H2,1H3. The smallest absolute Gasteiger partial charge is 0.261 e. The van der Waals surface area contributed by atoms with Crippen molar-refractivity contribution in [2.75, 3.05) is 13.7 Å². The van der Waals surface area contributed by atoms with Crippen molar-refractivity contribution in [3.63, 3.8) is 0 Å². The Morgan fingerprint density at radius 1 is 0.929 bits per heavy atom. The number of unbranched alkanes of at least 4 members (excludes halogenated alkanes) is 1. The molecule has 0 atom stereocenters. The first-order valence-corrected chi connectivity index (χ1v) is 9.15. The van der Waals surface area contributed by atoms with E-state index < -0.39 is 0 Å². The van der Waals surface area contributed by atoms with Crippen molar-refractivity contribution in [1.29, 1.82) is 0 Å². The van der Waals surface area contributed by atoms with Crippen LogP contribution in [0.25, 0.3) is 11.3 Å². The number of methoxy groups -OCH3 is 1. The van der Waals surface area contributed by atoms with Gasteiger partial charge >= 0.3 is 0 Å². The normalized spacial score (nSPS) is 13.1. The molecule has 0 unspecified atom stereocenters. The summed E-state index contributed by atoms with van der Waals surface area (Å²) in [5, 5.41) is 0. The fraction of sp³-hybridized carbons (Fsp3) is 0.238. The van der Waals surface area contributed by atoms with Gasteiger partial charge in [-0.25, -0.2) is 9.97 Å². The van der Waals surface area contributed by atoms with Crippen molar-refractivity contribution in [1.82, 2.24) is 19.4 Å². The molecule has 1 aliphatic heterocycles. The van der Waals surface area contributed by atoms with E-state index in [9.17, 15) is 9.59 Å². The zero-order valence-electron chi connectivity index (χ0n) is 15.5. The molecule has 1 aromatic carbocycles.